The zero-order chi connectivity index (χ0) is 19.0. The van der Waals surface area contributed by atoms with E-state index in [1.165, 1.54) is 18.4 Å². The van der Waals surface area contributed by atoms with Crippen molar-refractivity contribution in [2.45, 2.75) is 4.90 Å². The normalized spacial score (nSPS) is 11.6. The number of fused-ring (bicyclic) bond motifs is 1. The molecule has 2 aliphatic rings. The molecule has 0 saturated heterocycles. The fourth-order valence-corrected chi connectivity index (χ4v) is 3.98. The standard InChI is InChI=1S/C23H17FO2S/c1-27(25,26)20-12-10-16(11-13-20)22-15-17-6-3-2-4-9-21(17)23(22)18-7-5-8-19(24)14-18/h2-15H,1H3. The first kappa shape index (κ1) is 17.4. The molecular formula is C23H17FO2S. The van der Waals surface area contributed by atoms with Crippen LogP contribution in [0.15, 0.2) is 89.8 Å². The van der Waals surface area contributed by atoms with Gasteiger partial charge in [0, 0.05) is 6.26 Å². The van der Waals surface area contributed by atoms with Crippen molar-refractivity contribution in [3.05, 3.63) is 90.7 Å². The largest absolute Gasteiger partial charge is 0.224 e. The molecule has 0 bridgehead atoms. The third kappa shape index (κ3) is 3.36. The molecule has 0 aromatic heterocycles. The summed E-state index contributed by atoms with van der Waals surface area (Å²) >= 11 is 0. The van der Waals surface area contributed by atoms with Crippen LogP contribution in [-0.4, -0.2) is 14.7 Å². The lowest BCUT2D eigenvalue weighted by Crippen LogP contribution is -1.96. The van der Waals surface area contributed by atoms with Crippen LogP contribution >= 0.6 is 0 Å². The number of halogens is 1. The summed E-state index contributed by atoms with van der Waals surface area (Å²) in [5, 5.41) is 0. The van der Waals surface area contributed by atoms with Gasteiger partial charge >= 0.3 is 0 Å². The molecule has 27 heavy (non-hydrogen) atoms. The van der Waals surface area contributed by atoms with E-state index in [9.17, 15) is 12.8 Å². The van der Waals surface area contributed by atoms with Crippen molar-refractivity contribution < 1.29 is 12.8 Å². The van der Waals surface area contributed by atoms with E-state index in [0.29, 0.717) is 0 Å². The second-order valence-electron chi connectivity index (χ2n) is 6.52. The Morgan fingerprint density at radius 2 is 1.37 bits per heavy atom. The Bertz CT molecular complexity index is 1200. The van der Waals surface area contributed by atoms with Gasteiger partial charge in [-0.25, -0.2) is 12.8 Å². The predicted octanol–water partition coefficient (Wildman–Crippen LogP) is 5.67. The lowest BCUT2D eigenvalue weighted by molar-refractivity contribution is 0.602. The summed E-state index contributed by atoms with van der Waals surface area (Å²) in [4.78, 5) is 0.279. The van der Waals surface area contributed by atoms with Crippen molar-refractivity contribution >= 4 is 9.84 Å². The quantitative estimate of drug-likeness (QED) is 0.462. The van der Waals surface area contributed by atoms with E-state index in [2.05, 4.69) is 6.07 Å². The van der Waals surface area contributed by atoms with Crippen LogP contribution in [0.25, 0.3) is 33.4 Å². The van der Waals surface area contributed by atoms with Crippen molar-refractivity contribution in [3.8, 4) is 33.4 Å². The molecule has 0 radical (unpaired) electrons. The van der Waals surface area contributed by atoms with Crippen molar-refractivity contribution in [1.82, 2.24) is 0 Å². The second kappa shape index (κ2) is 6.63. The Hall–Kier alpha value is -2.98. The predicted molar refractivity (Wildman–Crippen MR) is 107 cm³/mol. The number of rotatable bonds is 3. The minimum absolute atomic E-state index is 0.279. The van der Waals surface area contributed by atoms with Gasteiger partial charge in [0.25, 0.3) is 0 Å². The van der Waals surface area contributed by atoms with Crippen molar-refractivity contribution in [3.63, 3.8) is 0 Å². The molecule has 134 valence electrons. The Kier molecular flexibility index (Phi) is 4.28. The van der Waals surface area contributed by atoms with Crippen LogP contribution in [0.5, 0.6) is 0 Å². The first-order chi connectivity index (χ1) is 12.9. The van der Waals surface area contributed by atoms with Gasteiger partial charge in [0.2, 0.25) is 0 Å². The molecule has 0 amide bonds. The summed E-state index contributed by atoms with van der Waals surface area (Å²) in [7, 11) is -3.25. The molecule has 2 aromatic carbocycles. The van der Waals surface area contributed by atoms with Gasteiger partial charge in [-0.1, -0.05) is 54.6 Å². The Balaban J connectivity index is 1.98. The highest BCUT2D eigenvalue weighted by atomic mass is 32.2. The summed E-state index contributed by atoms with van der Waals surface area (Å²) in [6, 6.07) is 25.3. The Labute approximate surface area is 158 Å². The maximum atomic E-state index is 13.9. The van der Waals surface area contributed by atoms with Crippen molar-refractivity contribution in [2.75, 3.05) is 6.26 Å². The fourth-order valence-electron chi connectivity index (χ4n) is 3.35. The summed E-state index contributed by atoms with van der Waals surface area (Å²) in [5.74, 6) is -0.291. The van der Waals surface area contributed by atoms with E-state index in [1.54, 1.807) is 30.3 Å². The van der Waals surface area contributed by atoms with E-state index < -0.39 is 9.84 Å². The van der Waals surface area contributed by atoms with E-state index in [1.807, 2.05) is 36.4 Å². The maximum absolute atomic E-state index is 13.9. The third-order valence-electron chi connectivity index (χ3n) is 4.62. The van der Waals surface area contributed by atoms with Crippen molar-refractivity contribution in [1.29, 1.82) is 0 Å². The first-order valence-electron chi connectivity index (χ1n) is 8.52. The molecular weight excluding hydrogens is 359 g/mol. The second-order valence-corrected chi connectivity index (χ2v) is 8.54. The molecule has 0 aliphatic heterocycles. The van der Waals surface area contributed by atoms with Gasteiger partial charge in [-0.05, 0) is 63.7 Å². The molecule has 0 N–H and O–H groups in total. The Morgan fingerprint density at radius 3 is 2.07 bits per heavy atom. The number of sulfone groups is 1. The molecule has 2 aromatic rings. The lowest BCUT2D eigenvalue weighted by atomic mass is 9.96. The van der Waals surface area contributed by atoms with Crippen LogP contribution in [0, 0.1) is 5.82 Å². The van der Waals surface area contributed by atoms with Gasteiger partial charge in [-0.3, -0.25) is 0 Å². The molecule has 4 heteroatoms. The maximum Gasteiger partial charge on any atom is 0.175 e. The summed E-state index contributed by atoms with van der Waals surface area (Å²) in [6.07, 6.45) is 1.19. The number of benzene rings is 2. The number of hydrogen-bond acceptors (Lipinski definition) is 2. The minimum atomic E-state index is -3.25. The minimum Gasteiger partial charge on any atom is -0.224 e. The summed E-state index contributed by atoms with van der Waals surface area (Å²) in [6.45, 7) is 0. The highest BCUT2D eigenvalue weighted by Gasteiger charge is 2.18. The molecule has 0 fully saturated rings. The van der Waals surface area contributed by atoms with Gasteiger partial charge in [-0.15, -0.1) is 0 Å². The molecule has 2 aliphatic carbocycles. The van der Waals surface area contributed by atoms with Crippen LogP contribution in [-0.2, 0) is 9.84 Å². The molecule has 2 nitrogen and oxygen atoms in total. The zero-order valence-electron chi connectivity index (χ0n) is 14.7. The molecule has 0 spiro atoms. The highest BCUT2D eigenvalue weighted by Crippen LogP contribution is 2.44. The third-order valence-corrected chi connectivity index (χ3v) is 5.75. The van der Waals surface area contributed by atoms with Crippen LogP contribution in [0.2, 0.25) is 0 Å². The van der Waals surface area contributed by atoms with Crippen LogP contribution in [0.1, 0.15) is 0 Å². The van der Waals surface area contributed by atoms with Crippen LogP contribution in [0.3, 0.4) is 0 Å². The van der Waals surface area contributed by atoms with Gasteiger partial charge in [0.05, 0.1) is 4.90 Å². The van der Waals surface area contributed by atoms with E-state index in [4.69, 9.17) is 0 Å². The average molecular weight is 376 g/mol. The fraction of sp³-hybridized carbons (Fsp3) is 0.0435. The van der Waals surface area contributed by atoms with Crippen LogP contribution in [0.4, 0.5) is 4.39 Å². The molecule has 4 rings (SSSR count). The van der Waals surface area contributed by atoms with Gasteiger partial charge in [0.1, 0.15) is 5.82 Å². The van der Waals surface area contributed by atoms with E-state index in [-0.39, 0.29) is 10.7 Å². The van der Waals surface area contributed by atoms with Gasteiger partial charge in [-0.2, -0.15) is 0 Å². The molecule has 0 unspecified atom stereocenters. The van der Waals surface area contributed by atoms with Crippen molar-refractivity contribution in [2.24, 2.45) is 0 Å². The number of hydrogen-bond donors (Lipinski definition) is 0. The highest BCUT2D eigenvalue weighted by molar-refractivity contribution is 7.90. The summed E-state index contributed by atoms with van der Waals surface area (Å²) < 4.78 is 37.4. The first-order valence-corrected chi connectivity index (χ1v) is 10.4. The van der Waals surface area contributed by atoms with E-state index >= 15 is 0 Å². The zero-order valence-corrected chi connectivity index (χ0v) is 15.5. The summed E-state index contributed by atoms with van der Waals surface area (Å²) in [5.41, 5.74) is 5.63. The lowest BCUT2D eigenvalue weighted by Gasteiger charge is -2.08. The molecule has 0 heterocycles. The SMILES string of the molecule is CS(=O)(=O)c1ccc(-c2cc3cccccc-3c2-c2cccc(F)c2)cc1. The average Bonchev–Trinajstić information content (AvgIpc) is 2.84. The Morgan fingerprint density at radius 1 is 0.667 bits per heavy atom. The smallest absolute Gasteiger partial charge is 0.175 e. The van der Waals surface area contributed by atoms with Gasteiger partial charge in [0.15, 0.2) is 9.84 Å². The van der Waals surface area contributed by atoms with Gasteiger partial charge < -0.3 is 0 Å². The molecule has 0 saturated carbocycles. The molecule has 0 atom stereocenters. The topological polar surface area (TPSA) is 34.1 Å². The van der Waals surface area contributed by atoms with Crippen LogP contribution < -0.4 is 0 Å². The monoisotopic (exact) mass is 376 g/mol. The van der Waals surface area contributed by atoms with E-state index in [0.717, 1.165) is 33.4 Å².